The van der Waals surface area contributed by atoms with Gasteiger partial charge in [-0.15, -0.1) is 0 Å². The Labute approximate surface area is 161 Å². The number of ether oxygens (including phenoxy) is 1. The summed E-state index contributed by atoms with van der Waals surface area (Å²) in [5.74, 6) is 0.239. The highest BCUT2D eigenvalue weighted by Gasteiger charge is 2.24. The number of thioether (sulfide) groups is 1. The fourth-order valence-electron chi connectivity index (χ4n) is 2.55. The smallest absolute Gasteiger partial charge is 0.290 e. The molecule has 0 bridgehead atoms. The lowest BCUT2D eigenvalue weighted by molar-refractivity contribution is -0.115. The molecule has 0 spiro atoms. The molecule has 0 radical (unpaired) electrons. The molecule has 26 heavy (non-hydrogen) atoms. The molecule has 2 aromatic carbocycles. The first-order valence-corrected chi connectivity index (χ1v) is 9.52. The van der Waals surface area contributed by atoms with E-state index in [0.717, 1.165) is 36.6 Å². The molecule has 0 saturated carbocycles. The second-order valence-electron chi connectivity index (χ2n) is 5.83. The quantitative estimate of drug-likeness (QED) is 0.532. The maximum atomic E-state index is 11.6. The van der Waals surface area contributed by atoms with Gasteiger partial charge >= 0.3 is 0 Å². The van der Waals surface area contributed by atoms with E-state index in [-0.39, 0.29) is 11.1 Å². The Balaban J connectivity index is 1.49. The number of unbranched alkanes of at least 4 members (excludes halogenated alkanes) is 1. The number of hydrogen-bond acceptors (Lipinski definition) is 4. The van der Waals surface area contributed by atoms with Crippen molar-refractivity contribution >= 4 is 40.6 Å². The summed E-state index contributed by atoms with van der Waals surface area (Å²) in [4.78, 5) is 23.1. The molecular weight excluding hydrogens is 370 g/mol. The third-order valence-electron chi connectivity index (χ3n) is 3.86. The molecule has 4 nitrogen and oxygen atoms in total. The second kappa shape index (κ2) is 8.92. The van der Waals surface area contributed by atoms with Crippen LogP contribution in [0, 0.1) is 0 Å². The number of rotatable bonds is 7. The fourth-order valence-corrected chi connectivity index (χ4v) is 3.48. The van der Waals surface area contributed by atoms with Crippen LogP contribution in [0.15, 0.2) is 53.4 Å². The Morgan fingerprint density at radius 2 is 1.88 bits per heavy atom. The lowest BCUT2D eigenvalue weighted by atomic mass is 10.1. The van der Waals surface area contributed by atoms with Crippen LogP contribution >= 0.6 is 23.4 Å². The van der Waals surface area contributed by atoms with Gasteiger partial charge in [0.15, 0.2) is 0 Å². The first kappa shape index (κ1) is 18.5. The van der Waals surface area contributed by atoms with Gasteiger partial charge in [0.2, 0.25) is 0 Å². The first-order chi connectivity index (χ1) is 12.6. The summed E-state index contributed by atoms with van der Waals surface area (Å²) in [6, 6.07) is 15.7. The van der Waals surface area contributed by atoms with Crippen molar-refractivity contribution in [3.63, 3.8) is 0 Å². The zero-order valence-corrected chi connectivity index (χ0v) is 15.6. The van der Waals surface area contributed by atoms with E-state index >= 15 is 0 Å². The second-order valence-corrected chi connectivity index (χ2v) is 7.26. The van der Waals surface area contributed by atoms with E-state index < -0.39 is 0 Å². The number of nitrogens with one attached hydrogen (secondary N) is 1. The summed E-state index contributed by atoms with van der Waals surface area (Å²) in [6.07, 6.45) is 4.66. The Morgan fingerprint density at radius 3 is 2.58 bits per heavy atom. The van der Waals surface area contributed by atoms with E-state index in [1.54, 1.807) is 18.2 Å². The lowest BCUT2D eigenvalue weighted by Gasteiger charge is -2.09. The van der Waals surface area contributed by atoms with Gasteiger partial charge in [0.25, 0.3) is 11.1 Å². The molecule has 3 rings (SSSR count). The Kier molecular flexibility index (Phi) is 6.36. The third-order valence-corrected chi connectivity index (χ3v) is 4.96. The molecule has 0 unspecified atom stereocenters. The summed E-state index contributed by atoms with van der Waals surface area (Å²) in [6.45, 7) is 0.597. The minimum absolute atomic E-state index is 0.359. The summed E-state index contributed by atoms with van der Waals surface area (Å²) >= 11 is 7.14. The Bertz CT molecular complexity index is 836. The van der Waals surface area contributed by atoms with Crippen LogP contribution in [0.5, 0.6) is 5.75 Å². The van der Waals surface area contributed by atoms with Crippen LogP contribution in [0.25, 0.3) is 6.08 Å². The average molecular weight is 388 g/mol. The van der Waals surface area contributed by atoms with Gasteiger partial charge in [0.1, 0.15) is 5.75 Å². The Morgan fingerprint density at radius 1 is 1.08 bits per heavy atom. The number of hydrogen-bond donors (Lipinski definition) is 1. The highest BCUT2D eigenvalue weighted by atomic mass is 35.5. The minimum atomic E-state index is -0.380. The van der Waals surface area contributed by atoms with Gasteiger partial charge in [-0.05, 0) is 60.4 Å². The van der Waals surface area contributed by atoms with Gasteiger partial charge in [-0.3, -0.25) is 14.9 Å². The van der Waals surface area contributed by atoms with Gasteiger partial charge in [0, 0.05) is 0 Å². The molecule has 1 aliphatic rings. The number of aryl methyl sites for hydroxylation is 1. The predicted molar refractivity (Wildman–Crippen MR) is 105 cm³/mol. The molecule has 0 atom stereocenters. The maximum Gasteiger partial charge on any atom is 0.290 e. The molecule has 0 aliphatic carbocycles. The van der Waals surface area contributed by atoms with Crippen LogP contribution in [0.2, 0.25) is 5.02 Å². The van der Waals surface area contributed by atoms with E-state index in [0.29, 0.717) is 22.3 Å². The predicted octanol–water partition coefficient (Wildman–Crippen LogP) is 5.07. The van der Waals surface area contributed by atoms with Crippen LogP contribution in [0.4, 0.5) is 4.79 Å². The lowest BCUT2D eigenvalue weighted by Crippen LogP contribution is -2.17. The molecule has 1 aliphatic heterocycles. The SMILES string of the molecule is O=C1NC(=O)/C(=C/c2ccc(OCCCCc3ccccc3)c(Cl)c2)S1. The topological polar surface area (TPSA) is 55.4 Å². The number of imide groups is 1. The number of halogens is 1. The molecule has 2 amide bonds. The van der Waals surface area contributed by atoms with Crippen molar-refractivity contribution in [2.75, 3.05) is 6.61 Å². The number of benzene rings is 2. The number of carbonyl (C=O) groups excluding carboxylic acids is 2. The van der Waals surface area contributed by atoms with Crippen LogP contribution < -0.4 is 10.1 Å². The summed E-state index contributed by atoms with van der Waals surface area (Å²) in [7, 11) is 0. The number of carbonyl (C=O) groups is 2. The normalized spacial score (nSPS) is 15.3. The van der Waals surface area contributed by atoms with Gasteiger partial charge in [0.05, 0.1) is 16.5 Å². The van der Waals surface area contributed by atoms with Crippen molar-refractivity contribution in [3.05, 3.63) is 69.6 Å². The van der Waals surface area contributed by atoms with E-state index in [4.69, 9.17) is 16.3 Å². The average Bonchev–Trinajstić information content (AvgIpc) is 2.94. The number of amides is 2. The largest absolute Gasteiger partial charge is 0.492 e. The van der Waals surface area contributed by atoms with Crippen molar-refractivity contribution in [3.8, 4) is 5.75 Å². The molecule has 1 saturated heterocycles. The molecule has 0 aromatic heterocycles. The monoisotopic (exact) mass is 387 g/mol. The zero-order chi connectivity index (χ0) is 18.4. The van der Waals surface area contributed by atoms with E-state index in [1.165, 1.54) is 5.56 Å². The van der Waals surface area contributed by atoms with Crippen LogP contribution in [0.1, 0.15) is 24.0 Å². The molecule has 1 heterocycles. The van der Waals surface area contributed by atoms with Crippen LogP contribution in [-0.2, 0) is 11.2 Å². The first-order valence-electron chi connectivity index (χ1n) is 8.33. The third kappa shape index (κ3) is 5.13. The van der Waals surface area contributed by atoms with Gasteiger partial charge < -0.3 is 4.74 Å². The van der Waals surface area contributed by atoms with E-state index in [9.17, 15) is 9.59 Å². The van der Waals surface area contributed by atoms with Crippen LogP contribution in [0.3, 0.4) is 0 Å². The van der Waals surface area contributed by atoms with Gasteiger partial charge in [-0.25, -0.2) is 0 Å². The highest BCUT2D eigenvalue weighted by molar-refractivity contribution is 8.18. The van der Waals surface area contributed by atoms with Crippen molar-refractivity contribution in [1.82, 2.24) is 5.32 Å². The Hall–Kier alpha value is -2.24. The fraction of sp³-hybridized carbons (Fsp3) is 0.200. The van der Waals surface area contributed by atoms with E-state index in [2.05, 4.69) is 17.4 Å². The zero-order valence-electron chi connectivity index (χ0n) is 14.0. The summed E-state index contributed by atoms with van der Waals surface area (Å²) in [5, 5.41) is 2.35. The molecule has 2 aromatic rings. The standard InChI is InChI=1S/C20H18ClNO3S/c21-16-12-15(13-18-19(23)22-20(24)26-18)9-10-17(16)25-11-5-4-8-14-6-2-1-3-7-14/h1-3,6-7,9-10,12-13H,4-5,8,11H2,(H,22,23,24)/b18-13-. The van der Waals surface area contributed by atoms with Gasteiger partial charge in [-0.1, -0.05) is 48.0 Å². The van der Waals surface area contributed by atoms with E-state index in [1.807, 2.05) is 24.3 Å². The summed E-state index contributed by atoms with van der Waals surface area (Å²) in [5.41, 5.74) is 2.08. The molecular formula is C20H18ClNO3S. The van der Waals surface area contributed by atoms with Crippen molar-refractivity contribution < 1.29 is 14.3 Å². The highest BCUT2D eigenvalue weighted by Crippen LogP contribution is 2.30. The van der Waals surface area contributed by atoms with Gasteiger partial charge in [-0.2, -0.15) is 0 Å². The van der Waals surface area contributed by atoms with Crippen LogP contribution in [-0.4, -0.2) is 17.8 Å². The maximum absolute atomic E-state index is 11.6. The van der Waals surface area contributed by atoms with Crippen molar-refractivity contribution in [1.29, 1.82) is 0 Å². The van der Waals surface area contributed by atoms with Crippen molar-refractivity contribution in [2.24, 2.45) is 0 Å². The molecule has 1 N–H and O–H groups in total. The minimum Gasteiger partial charge on any atom is -0.492 e. The van der Waals surface area contributed by atoms with Crippen molar-refractivity contribution in [2.45, 2.75) is 19.3 Å². The molecule has 1 fully saturated rings. The summed E-state index contributed by atoms with van der Waals surface area (Å²) < 4.78 is 5.75. The molecule has 6 heteroatoms. The molecule has 134 valence electrons.